The number of carbonyl (C=O) groups excluding carboxylic acids is 2. The van der Waals surface area contributed by atoms with E-state index in [2.05, 4.69) is 0 Å². The van der Waals surface area contributed by atoms with Crippen LogP contribution < -0.4 is 4.84 Å². The summed E-state index contributed by atoms with van der Waals surface area (Å²) >= 11 is 5.10. The molecule has 0 aliphatic rings. The Labute approximate surface area is 142 Å². The second-order valence-corrected chi connectivity index (χ2v) is 7.17. The van der Waals surface area contributed by atoms with Gasteiger partial charge in [0.25, 0.3) is 0 Å². The summed E-state index contributed by atoms with van der Waals surface area (Å²) in [6, 6.07) is 5.19. The van der Waals surface area contributed by atoms with E-state index in [4.69, 9.17) is 21.8 Å². The van der Waals surface area contributed by atoms with E-state index in [-0.39, 0.29) is 18.8 Å². The molecule has 6 heteroatoms. The van der Waals surface area contributed by atoms with Crippen LogP contribution in [0.5, 0.6) is 0 Å². The van der Waals surface area contributed by atoms with Crippen LogP contribution in [-0.2, 0) is 14.3 Å². The maximum Gasteiger partial charge on any atom is 0.333 e. The number of rotatable bonds is 7. The molecule has 0 fully saturated rings. The van der Waals surface area contributed by atoms with Gasteiger partial charge in [-0.05, 0) is 29.9 Å². The number of aromatic nitrogens is 1. The molecule has 5 nitrogen and oxygen atoms in total. The Morgan fingerprint density at radius 1 is 1.09 bits per heavy atom. The first-order valence-corrected chi connectivity index (χ1v) is 8.04. The van der Waals surface area contributed by atoms with E-state index >= 15 is 0 Å². The minimum atomic E-state index is -0.451. The third kappa shape index (κ3) is 5.46. The Morgan fingerprint density at radius 3 is 2.17 bits per heavy atom. The Hall–Kier alpha value is -1.69. The molecule has 1 aromatic rings. The van der Waals surface area contributed by atoms with Crippen molar-refractivity contribution in [2.45, 2.75) is 47.5 Å². The van der Waals surface area contributed by atoms with Gasteiger partial charge < -0.3 is 9.57 Å². The van der Waals surface area contributed by atoms with Crippen LogP contribution in [-0.4, -0.2) is 23.3 Å². The summed E-state index contributed by atoms with van der Waals surface area (Å²) in [5.74, 6) is -0.654. The molecule has 0 bridgehead atoms. The molecule has 0 amide bonds. The molecule has 128 valence electrons. The summed E-state index contributed by atoms with van der Waals surface area (Å²) in [4.78, 5) is 29.3. The molecule has 0 aliphatic carbocycles. The van der Waals surface area contributed by atoms with Gasteiger partial charge in [0.1, 0.15) is 4.64 Å². The monoisotopic (exact) mass is 339 g/mol. The van der Waals surface area contributed by atoms with Crippen molar-refractivity contribution in [3.8, 4) is 0 Å². The Morgan fingerprint density at radius 2 is 1.65 bits per heavy atom. The molecule has 0 unspecified atom stereocenters. The highest BCUT2D eigenvalue weighted by Gasteiger charge is 2.41. The zero-order valence-corrected chi connectivity index (χ0v) is 15.2. The SMILES string of the molecule is CCOC(=O)CC(C)(C)C(C)(C)CC(=O)On1ccccc1=S. The lowest BCUT2D eigenvalue weighted by molar-refractivity contribution is -0.153. The normalized spacial score (nSPS) is 11.9. The van der Waals surface area contributed by atoms with Gasteiger partial charge >= 0.3 is 11.9 Å². The predicted molar refractivity (Wildman–Crippen MR) is 90.3 cm³/mol. The van der Waals surface area contributed by atoms with Crippen molar-refractivity contribution in [1.29, 1.82) is 0 Å². The largest absolute Gasteiger partial charge is 0.466 e. The van der Waals surface area contributed by atoms with Gasteiger partial charge in [0.15, 0.2) is 0 Å². The van der Waals surface area contributed by atoms with Gasteiger partial charge in [0.2, 0.25) is 0 Å². The maximum absolute atomic E-state index is 12.2. The minimum absolute atomic E-state index is 0.163. The fraction of sp³-hybridized carbons (Fsp3) is 0.588. The second kappa shape index (κ2) is 7.73. The van der Waals surface area contributed by atoms with Crippen molar-refractivity contribution in [2.24, 2.45) is 10.8 Å². The third-order valence-electron chi connectivity index (χ3n) is 4.30. The van der Waals surface area contributed by atoms with E-state index in [1.54, 1.807) is 31.3 Å². The van der Waals surface area contributed by atoms with Gasteiger partial charge in [-0.25, -0.2) is 4.79 Å². The zero-order chi connectivity index (χ0) is 17.7. The minimum Gasteiger partial charge on any atom is -0.466 e. The maximum atomic E-state index is 12.2. The van der Waals surface area contributed by atoms with Crippen molar-refractivity contribution in [1.82, 2.24) is 4.73 Å². The van der Waals surface area contributed by atoms with Gasteiger partial charge in [-0.1, -0.05) is 46.0 Å². The molecular weight excluding hydrogens is 314 g/mol. The van der Waals surface area contributed by atoms with E-state index in [0.717, 1.165) is 0 Å². The van der Waals surface area contributed by atoms with Crippen LogP contribution in [0.1, 0.15) is 47.5 Å². The molecule has 1 aromatic heterocycles. The van der Waals surface area contributed by atoms with Crippen LogP contribution in [0.3, 0.4) is 0 Å². The first-order chi connectivity index (χ1) is 10.6. The summed E-state index contributed by atoms with van der Waals surface area (Å²) < 4.78 is 6.71. The quantitative estimate of drug-likeness (QED) is 0.561. The van der Waals surface area contributed by atoms with Crippen molar-refractivity contribution in [3.05, 3.63) is 29.0 Å². The van der Waals surface area contributed by atoms with Gasteiger partial charge in [-0.2, -0.15) is 4.73 Å². The van der Waals surface area contributed by atoms with Crippen LogP contribution in [0.25, 0.3) is 0 Å². The average Bonchev–Trinajstić information content (AvgIpc) is 2.40. The molecule has 0 atom stereocenters. The molecule has 0 spiro atoms. The molecule has 0 saturated carbocycles. The van der Waals surface area contributed by atoms with Crippen LogP contribution in [0.15, 0.2) is 24.4 Å². The van der Waals surface area contributed by atoms with E-state index in [0.29, 0.717) is 11.2 Å². The Bertz CT molecular complexity index is 619. The second-order valence-electron chi connectivity index (χ2n) is 6.75. The van der Waals surface area contributed by atoms with Crippen LogP contribution >= 0.6 is 12.2 Å². The summed E-state index contributed by atoms with van der Waals surface area (Å²) in [6.07, 6.45) is 2.00. The van der Waals surface area contributed by atoms with Crippen LogP contribution in [0, 0.1) is 15.5 Å². The highest BCUT2D eigenvalue weighted by molar-refractivity contribution is 7.71. The molecular formula is C17H25NO4S. The highest BCUT2D eigenvalue weighted by Crippen LogP contribution is 2.44. The van der Waals surface area contributed by atoms with Crippen molar-refractivity contribution in [3.63, 3.8) is 0 Å². The lowest BCUT2D eigenvalue weighted by atomic mass is 9.64. The highest BCUT2D eigenvalue weighted by atomic mass is 32.1. The van der Waals surface area contributed by atoms with Crippen molar-refractivity contribution < 1.29 is 19.2 Å². The van der Waals surface area contributed by atoms with Crippen LogP contribution in [0.2, 0.25) is 0 Å². The fourth-order valence-corrected chi connectivity index (χ4v) is 2.22. The van der Waals surface area contributed by atoms with Gasteiger partial charge in [0.05, 0.1) is 19.4 Å². The van der Waals surface area contributed by atoms with E-state index < -0.39 is 16.8 Å². The average molecular weight is 339 g/mol. The lowest BCUT2D eigenvalue weighted by Crippen LogP contribution is -2.38. The van der Waals surface area contributed by atoms with E-state index in [9.17, 15) is 9.59 Å². The molecule has 0 N–H and O–H groups in total. The topological polar surface area (TPSA) is 57.5 Å². The van der Waals surface area contributed by atoms with E-state index in [1.165, 1.54) is 4.73 Å². The fourth-order valence-electron chi connectivity index (χ4n) is 2.04. The number of esters is 1. The number of carbonyl (C=O) groups is 2. The molecule has 1 rings (SSSR count). The molecule has 0 radical (unpaired) electrons. The van der Waals surface area contributed by atoms with Crippen molar-refractivity contribution in [2.75, 3.05) is 6.61 Å². The number of nitrogens with zero attached hydrogens (tertiary/aromatic N) is 1. The lowest BCUT2D eigenvalue weighted by Gasteiger charge is -2.40. The van der Waals surface area contributed by atoms with Gasteiger partial charge in [-0.3, -0.25) is 4.79 Å². The molecule has 1 heterocycles. The smallest absolute Gasteiger partial charge is 0.333 e. The van der Waals surface area contributed by atoms with Gasteiger partial charge in [0, 0.05) is 6.20 Å². The first kappa shape index (κ1) is 19.4. The summed E-state index contributed by atoms with van der Waals surface area (Å²) in [5, 5.41) is 0. The summed E-state index contributed by atoms with van der Waals surface area (Å²) in [6.45, 7) is 9.91. The standard InChI is InChI=1S/C17H25NO4S/c1-6-21-14(19)11-16(2,3)17(4,5)12-15(20)22-18-10-8-7-9-13(18)23/h7-10H,6,11-12H2,1-5H3. The summed E-state index contributed by atoms with van der Waals surface area (Å²) in [5.41, 5.74) is -0.871. The van der Waals surface area contributed by atoms with E-state index in [1.807, 2.05) is 27.7 Å². The molecule has 23 heavy (non-hydrogen) atoms. The van der Waals surface area contributed by atoms with Gasteiger partial charge in [-0.15, -0.1) is 0 Å². The Kier molecular flexibility index (Phi) is 6.50. The number of hydrogen-bond acceptors (Lipinski definition) is 5. The number of pyridine rings is 1. The first-order valence-electron chi connectivity index (χ1n) is 7.63. The predicted octanol–water partition coefficient (Wildman–Crippen LogP) is 3.57. The number of ether oxygens (including phenoxy) is 1. The number of hydrogen-bond donors (Lipinski definition) is 0. The molecule has 0 aromatic carbocycles. The van der Waals surface area contributed by atoms with Crippen LogP contribution in [0.4, 0.5) is 0 Å². The zero-order valence-electron chi connectivity index (χ0n) is 14.4. The molecule has 0 aliphatic heterocycles. The third-order valence-corrected chi connectivity index (χ3v) is 4.61. The van der Waals surface area contributed by atoms with Crippen molar-refractivity contribution >= 4 is 24.2 Å². The summed E-state index contributed by atoms with van der Waals surface area (Å²) in [7, 11) is 0. The Balaban J connectivity index is 2.76. The molecule has 0 saturated heterocycles.